The van der Waals surface area contributed by atoms with E-state index in [4.69, 9.17) is 0 Å². The lowest BCUT2D eigenvalue weighted by Gasteiger charge is -2.14. The topological polar surface area (TPSA) is 81.3 Å². The molecule has 34 heavy (non-hydrogen) atoms. The zero-order valence-corrected chi connectivity index (χ0v) is 18.9. The quantitative estimate of drug-likeness (QED) is 0.408. The summed E-state index contributed by atoms with van der Waals surface area (Å²) in [6, 6.07) is 26.0. The highest BCUT2D eigenvalue weighted by atomic mass is 16.2. The van der Waals surface area contributed by atoms with Gasteiger partial charge in [-0.25, -0.2) is 9.20 Å². The maximum absolute atomic E-state index is 13.0. The number of carbonyl (C=O) groups is 1. The smallest absolute Gasteiger partial charge is 0.293 e. The maximum atomic E-state index is 13.0. The summed E-state index contributed by atoms with van der Waals surface area (Å²) in [7, 11) is 0. The van der Waals surface area contributed by atoms with Gasteiger partial charge in [-0.3, -0.25) is 9.59 Å². The lowest BCUT2D eigenvalue weighted by molar-refractivity contribution is -0.122. The number of hydrogen-bond donors (Lipinski definition) is 1. The Hall–Kier alpha value is -4.26. The Kier molecular flexibility index (Phi) is 5.91. The third-order valence-electron chi connectivity index (χ3n) is 5.96. The summed E-state index contributed by atoms with van der Waals surface area (Å²) in [5.41, 5.74) is 2.89. The van der Waals surface area contributed by atoms with Crippen LogP contribution in [-0.4, -0.2) is 31.3 Å². The van der Waals surface area contributed by atoms with Crippen LogP contribution in [0.3, 0.4) is 0 Å². The van der Waals surface area contributed by atoms with E-state index in [1.54, 1.807) is 6.07 Å². The molecule has 0 bridgehead atoms. The van der Waals surface area contributed by atoms with Gasteiger partial charge in [0.05, 0.1) is 5.69 Å². The Balaban J connectivity index is 1.32. The molecule has 7 nitrogen and oxygen atoms in total. The van der Waals surface area contributed by atoms with Gasteiger partial charge in [0, 0.05) is 11.6 Å². The van der Waals surface area contributed by atoms with Gasteiger partial charge in [0.25, 0.3) is 5.56 Å². The Labute approximate surface area is 196 Å². The molecule has 170 valence electrons. The number of amides is 1. The first-order valence-electron chi connectivity index (χ1n) is 11.4. The number of nitrogens with zero attached hydrogens (tertiary/aromatic N) is 4. The summed E-state index contributed by atoms with van der Waals surface area (Å²) in [6.07, 6.45) is 3.16. The van der Waals surface area contributed by atoms with Crippen LogP contribution in [0, 0.1) is 0 Å². The van der Waals surface area contributed by atoms with E-state index in [1.165, 1.54) is 21.1 Å². The second-order valence-electron chi connectivity index (χ2n) is 8.47. The average molecular weight is 452 g/mol. The van der Waals surface area contributed by atoms with E-state index in [2.05, 4.69) is 27.6 Å². The van der Waals surface area contributed by atoms with Crippen LogP contribution in [0.5, 0.6) is 0 Å². The van der Waals surface area contributed by atoms with Crippen molar-refractivity contribution in [3.05, 3.63) is 101 Å². The minimum Gasteiger partial charge on any atom is -0.352 e. The third kappa shape index (κ3) is 4.45. The van der Waals surface area contributed by atoms with E-state index in [9.17, 15) is 9.59 Å². The van der Waals surface area contributed by atoms with Crippen molar-refractivity contribution in [2.45, 2.75) is 32.4 Å². The van der Waals surface area contributed by atoms with Crippen LogP contribution in [-0.2, 0) is 17.8 Å². The first kappa shape index (κ1) is 21.6. The first-order chi connectivity index (χ1) is 16.6. The summed E-state index contributed by atoms with van der Waals surface area (Å²) in [5, 5.41) is 13.8. The van der Waals surface area contributed by atoms with Gasteiger partial charge in [-0.1, -0.05) is 72.8 Å². The molecule has 0 aliphatic rings. The Bertz CT molecular complexity index is 1520. The largest absolute Gasteiger partial charge is 0.352 e. The second-order valence-corrected chi connectivity index (χ2v) is 8.47. The molecule has 0 aliphatic carbocycles. The van der Waals surface area contributed by atoms with Crippen molar-refractivity contribution in [1.29, 1.82) is 0 Å². The standard InChI is InChI=1S/C27H25N5O2/c1-19(14-15-20-8-3-2-4-9-20)29-26(33)17-31-27(34)25-16-24(30-32(25)18-28-31)23-13-7-11-21-10-5-6-12-22(21)23/h2-13,16,18-19H,14-15,17H2,1H3,(H,29,33)/t19-/m1/s1. The predicted octanol–water partition coefficient (Wildman–Crippen LogP) is 3.85. The third-order valence-corrected chi connectivity index (χ3v) is 5.96. The highest BCUT2D eigenvalue weighted by Gasteiger charge is 2.15. The molecule has 1 atom stereocenters. The minimum atomic E-state index is -0.353. The zero-order valence-electron chi connectivity index (χ0n) is 18.9. The molecule has 3 aromatic carbocycles. The number of rotatable bonds is 7. The summed E-state index contributed by atoms with van der Waals surface area (Å²) < 4.78 is 2.65. The normalized spacial score (nSPS) is 12.1. The van der Waals surface area contributed by atoms with Crippen LogP contribution < -0.4 is 10.9 Å². The van der Waals surface area contributed by atoms with Crippen LogP contribution in [0.25, 0.3) is 27.5 Å². The first-order valence-corrected chi connectivity index (χ1v) is 11.4. The van der Waals surface area contributed by atoms with Crippen molar-refractivity contribution in [2.24, 2.45) is 0 Å². The Morgan fingerprint density at radius 2 is 1.76 bits per heavy atom. The van der Waals surface area contributed by atoms with Crippen LogP contribution >= 0.6 is 0 Å². The predicted molar refractivity (Wildman–Crippen MR) is 133 cm³/mol. The van der Waals surface area contributed by atoms with Gasteiger partial charge in [0.2, 0.25) is 5.91 Å². The van der Waals surface area contributed by atoms with Crippen molar-refractivity contribution < 1.29 is 4.79 Å². The number of aryl methyl sites for hydroxylation is 1. The molecule has 0 radical (unpaired) electrons. The molecule has 5 rings (SSSR count). The molecule has 1 amide bonds. The van der Waals surface area contributed by atoms with Crippen molar-refractivity contribution in [3.8, 4) is 11.3 Å². The number of benzene rings is 3. The van der Waals surface area contributed by atoms with Crippen LogP contribution in [0.4, 0.5) is 0 Å². The van der Waals surface area contributed by atoms with Crippen LogP contribution in [0.2, 0.25) is 0 Å². The van der Waals surface area contributed by atoms with Gasteiger partial charge >= 0.3 is 0 Å². The molecule has 0 saturated heterocycles. The fourth-order valence-corrected chi connectivity index (χ4v) is 4.19. The van der Waals surface area contributed by atoms with E-state index in [1.807, 2.05) is 67.6 Å². The summed E-state index contributed by atoms with van der Waals surface area (Å²) in [5.74, 6) is -0.242. The Morgan fingerprint density at radius 3 is 2.62 bits per heavy atom. The molecule has 0 saturated carbocycles. The van der Waals surface area contributed by atoms with E-state index in [-0.39, 0.29) is 24.1 Å². The monoisotopic (exact) mass is 451 g/mol. The number of nitrogens with one attached hydrogen (secondary N) is 1. The number of fused-ring (bicyclic) bond motifs is 2. The molecular weight excluding hydrogens is 426 g/mol. The SMILES string of the molecule is C[C@H](CCc1ccccc1)NC(=O)Cn1ncn2nc(-c3cccc4ccccc34)cc2c1=O. The van der Waals surface area contributed by atoms with E-state index >= 15 is 0 Å². The maximum Gasteiger partial charge on any atom is 0.293 e. The van der Waals surface area contributed by atoms with Crippen molar-refractivity contribution in [1.82, 2.24) is 24.7 Å². The van der Waals surface area contributed by atoms with E-state index in [0.717, 1.165) is 29.2 Å². The average Bonchev–Trinajstić information content (AvgIpc) is 3.30. The lowest BCUT2D eigenvalue weighted by Crippen LogP contribution is -2.38. The molecule has 2 aromatic heterocycles. The van der Waals surface area contributed by atoms with Gasteiger partial charge in [0.1, 0.15) is 18.4 Å². The summed E-state index contributed by atoms with van der Waals surface area (Å²) >= 11 is 0. The summed E-state index contributed by atoms with van der Waals surface area (Å²) in [4.78, 5) is 25.6. The number of hydrogen-bond acceptors (Lipinski definition) is 4. The molecule has 0 unspecified atom stereocenters. The highest BCUT2D eigenvalue weighted by molar-refractivity contribution is 5.96. The van der Waals surface area contributed by atoms with Gasteiger partial charge in [-0.15, -0.1) is 0 Å². The van der Waals surface area contributed by atoms with Gasteiger partial charge < -0.3 is 5.32 Å². The summed E-state index contributed by atoms with van der Waals surface area (Å²) in [6.45, 7) is 1.83. The van der Waals surface area contributed by atoms with E-state index < -0.39 is 0 Å². The van der Waals surface area contributed by atoms with Crippen molar-refractivity contribution in [3.63, 3.8) is 0 Å². The Morgan fingerprint density at radius 1 is 1.00 bits per heavy atom. The number of aromatic nitrogens is 4. The second kappa shape index (κ2) is 9.31. The van der Waals surface area contributed by atoms with E-state index in [0.29, 0.717) is 11.2 Å². The van der Waals surface area contributed by atoms with Crippen LogP contribution in [0.1, 0.15) is 18.9 Å². The minimum absolute atomic E-state index is 0.0138. The lowest BCUT2D eigenvalue weighted by atomic mass is 10.0. The molecule has 1 N–H and O–H groups in total. The zero-order chi connectivity index (χ0) is 23.5. The van der Waals surface area contributed by atoms with Gasteiger partial charge in [-0.2, -0.15) is 10.2 Å². The number of carbonyl (C=O) groups excluding carboxylic acids is 1. The molecular formula is C27H25N5O2. The van der Waals surface area contributed by atoms with Crippen LogP contribution in [0.15, 0.2) is 90.0 Å². The molecule has 0 aliphatic heterocycles. The van der Waals surface area contributed by atoms with Gasteiger partial charge in [-0.05, 0) is 42.2 Å². The molecule has 7 heteroatoms. The van der Waals surface area contributed by atoms with Crippen molar-refractivity contribution in [2.75, 3.05) is 0 Å². The molecule has 0 spiro atoms. The van der Waals surface area contributed by atoms with Crippen molar-refractivity contribution >= 4 is 22.2 Å². The fourth-order valence-electron chi connectivity index (χ4n) is 4.19. The molecule has 5 aromatic rings. The molecule has 0 fully saturated rings. The fraction of sp³-hybridized carbons (Fsp3) is 0.185. The highest BCUT2D eigenvalue weighted by Crippen LogP contribution is 2.27. The van der Waals surface area contributed by atoms with Gasteiger partial charge in [0.15, 0.2) is 0 Å². The molecule has 2 heterocycles.